The maximum Gasteiger partial charge on any atom is 0.335 e. The average molecular weight is 329 g/mol. The summed E-state index contributed by atoms with van der Waals surface area (Å²) in [6.07, 6.45) is -0.512. The topological polar surface area (TPSA) is 66.8 Å². The molecular formula is C18H16FNO4. The molecule has 1 N–H and O–H groups in total. The summed E-state index contributed by atoms with van der Waals surface area (Å²) >= 11 is 0. The number of carboxylic acid groups (broad SMARTS) is 1. The van der Waals surface area contributed by atoms with Crippen molar-refractivity contribution in [3.63, 3.8) is 0 Å². The third-order valence-electron chi connectivity index (χ3n) is 3.98. The molecule has 1 fully saturated rings. The molecule has 1 unspecified atom stereocenters. The van der Waals surface area contributed by atoms with Crippen LogP contribution in [0.4, 0.5) is 4.39 Å². The van der Waals surface area contributed by atoms with Crippen LogP contribution in [0, 0.1) is 5.82 Å². The van der Waals surface area contributed by atoms with Crippen LogP contribution in [0.1, 0.15) is 32.4 Å². The van der Waals surface area contributed by atoms with Gasteiger partial charge in [0.05, 0.1) is 18.7 Å². The third kappa shape index (κ3) is 3.28. The maximum atomic E-state index is 13.9. The number of benzene rings is 2. The molecule has 3 rings (SSSR count). The Labute approximate surface area is 138 Å². The van der Waals surface area contributed by atoms with E-state index in [4.69, 9.17) is 9.84 Å². The number of halogens is 1. The molecule has 0 spiro atoms. The molecule has 0 aliphatic carbocycles. The number of aromatic carboxylic acids is 1. The molecule has 6 heteroatoms. The molecule has 1 heterocycles. The van der Waals surface area contributed by atoms with Gasteiger partial charge in [0.15, 0.2) is 0 Å². The first-order chi connectivity index (χ1) is 11.6. The molecule has 5 nitrogen and oxygen atoms in total. The fourth-order valence-electron chi connectivity index (χ4n) is 2.70. The van der Waals surface area contributed by atoms with Crippen molar-refractivity contribution in [2.45, 2.75) is 6.10 Å². The fraction of sp³-hybridized carbons (Fsp3) is 0.222. The quantitative estimate of drug-likeness (QED) is 0.940. The first-order valence-electron chi connectivity index (χ1n) is 7.55. The molecule has 1 saturated heterocycles. The Balaban J connectivity index is 1.75. The monoisotopic (exact) mass is 329 g/mol. The predicted molar refractivity (Wildman–Crippen MR) is 84.4 cm³/mol. The summed E-state index contributed by atoms with van der Waals surface area (Å²) < 4.78 is 19.5. The summed E-state index contributed by atoms with van der Waals surface area (Å²) in [6.45, 7) is 0.975. The van der Waals surface area contributed by atoms with Crippen LogP contribution in [0.3, 0.4) is 0 Å². The lowest BCUT2D eigenvalue weighted by molar-refractivity contribution is -0.0243. The zero-order valence-electron chi connectivity index (χ0n) is 12.8. The van der Waals surface area contributed by atoms with E-state index in [-0.39, 0.29) is 23.8 Å². The number of nitrogens with zero attached hydrogens (tertiary/aromatic N) is 1. The predicted octanol–water partition coefficient (Wildman–Crippen LogP) is 2.74. The van der Waals surface area contributed by atoms with Crippen molar-refractivity contribution in [1.82, 2.24) is 4.90 Å². The number of carboxylic acids is 1. The van der Waals surface area contributed by atoms with Crippen LogP contribution in [0.2, 0.25) is 0 Å². The van der Waals surface area contributed by atoms with E-state index in [9.17, 15) is 14.0 Å². The highest BCUT2D eigenvalue weighted by molar-refractivity contribution is 5.96. The zero-order chi connectivity index (χ0) is 17.1. The van der Waals surface area contributed by atoms with Gasteiger partial charge in [0.1, 0.15) is 11.9 Å². The Kier molecular flexibility index (Phi) is 4.57. The van der Waals surface area contributed by atoms with Crippen molar-refractivity contribution in [2.75, 3.05) is 19.7 Å². The van der Waals surface area contributed by atoms with Crippen molar-refractivity contribution in [3.8, 4) is 0 Å². The van der Waals surface area contributed by atoms with Gasteiger partial charge in [-0.2, -0.15) is 0 Å². The second kappa shape index (κ2) is 6.80. The zero-order valence-corrected chi connectivity index (χ0v) is 12.8. The standard InChI is InChI=1S/C18H16FNO4/c19-15-4-2-1-3-14(15)16-11-20(9-10-24-16)17(21)12-5-7-13(8-6-12)18(22)23/h1-8,16H,9-11H2,(H,22,23). The molecule has 0 bridgehead atoms. The molecular weight excluding hydrogens is 313 g/mol. The number of carbonyl (C=O) groups is 2. The molecule has 1 atom stereocenters. The van der Waals surface area contributed by atoms with Crippen LogP contribution in [0.15, 0.2) is 48.5 Å². The number of carbonyl (C=O) groups excluding carboxylic acids is 1. The summed E-state index contributed by atoms with van der Waals surface area (Å²) in [4.78, 5) is 25.0. The molecule has 0 radical (unpaired) electrons. The molecule has 1 aliphatic heterocycles. The van der Waals surface area contributed by atoms with E-state index in [0.29, 0.717) is 24.3 Å². The molecule has 124 valence electrons. The van der Waals surface area contributed by atoms with Crippen LogP contribution < -0.4 is 0 Å². The molecule has 0 saturated carbocycles. The van der Waals surface area contributed by atoms with Gasteiger partial charge in [-0.1, -0.05) is 18.2 Å². The van der Waals surface area contributed by atoms with E-state index < -0.39 is 12.1 Å². The Bertz CT molecular complexity index is 760. The van der Waals surface area contributed by atoms with Crippen molar-refractivity contribution in [3.05, 3.63) is 71.0 Å². The van der Waals surface area contributed by atoms with E-state index in [1.165, 1.54) is 30.3 Å². The molecule has 0 aromatic heterocycles. The summed E-state index contributed by atoms with van der Waals surface area (Å²) in [5.74, 6) is -1.63. The number of amides is 1. The fourth-order valence-corrected chi connectivity index (χ4v) is 2.70. The largest absolute Gasteiger partial charge is 0.478 e. The van der Waals surface area contributed by atoms with Crippen LogP contribution in [-0.2, 0) is 4.74 Å². The minimum Gasteiger partial charge on any atom is -0.478 e. The average Bonchev–Trinajstić information content (AvgIpc) is 2.61. The van der Waals surface area contributed by atoms with Gasteiger partial charge in [0.2, 0.25) is 0 Å². The number of hydrogen-bond donors (Lipinski definition) is 1. The van der Waals surface area contributed by atoms with E-state index in [1.54, 1.807) is 23.1 Å². The molecule has 1 aliphatic rings. The van der Waals surface area contributed by atoms with Gasteiger partial charge in [-0.25, -0.2) is 9.18 Å². The van der Waals surface area contributed by atoms with E-state index in [0.717, 1.165) is 0 Å². The van der Waals surface area contributed by atoms with Gasteiger partial charge < -0.3 is 14.7 Å². The van der Waals surface area contributed by atoms with Crippen LogP contribution >= 0.6 is 0 Å². The van der Waals surface area contributed by atoms with Crippen LogP contribution in [0.25, 0.3) is 0 Å². The second-order valence-corrected chi connectivity index (χ2v) is 5.51. The van der Waals surface area contributed by atoms with Gasteiger partial charge in [-0.15, -0.1) is 0 Å². The molecule has 24 heavy (non-hydrogen) atoms. The first-order valence-corrected chi connectivity index (χ1v) is 7.55. The first kappa shape index (κ1) is 16.1. The summed E-state index contributed by atoms with van der Waals surface area (Å²) in [6, 6.07) is 12.1. The lowest BCUT2D eigenvalue weighted by Gasteiger charge is -2.33. The van der Waals surface area contributed by atoms with Gasteiger partial charge in [-0.05, 0) is 30.3 Å². The number of morpholine rings is 1. The van der Waals surface area contributed by atoms with E-state index >= 15 is 0 Å². The van der Waals surface area contributed by atoms with Crippen molar-refractivity contribution in [2.24, 2.45) is 0 Å². The van der Waals surface area contributed by atoms with Crippen molar-refractivity contribution >= 4 is 11.9 Å². The lowest BCUT2D eigenvalue weighted by Crippen LogP contribution is -2.42. The highest BCUT2D eigenvalue weighted by Crippen LogP contribution is 2.25. The lowest BCUT2D eigenvalue weighted by atomic mass is 10.1. The minimum atomic E-state index is -1.04. The maximum absolute atomic E-state index is 13.9. The Morgan fingerprint density at radius 1 is 1.08 bits per heavy atom. The number of ether oxygens (including phenoxy) is 1. The summed E-state index contributed by atoms with van der Waals surface area (Å²) in [5.41, 5.74) is 0.947. The SMILES string of the molecule is O=C(O)c1ccc(C(=O)N2CCOC(c3ccccc3F)C2)cc1. The molecule has 2 aromatic rings. The Morgan fingerprint density at radius 2 is 1.75 bits per heavy atom. The Morgan fingerprint density at radius 3 is 2.42 bits per heavy atom. The van der Waals surface area contributed by atoms with E-state index in [1.807, 2.05) is 0 Å². The minimum absolute atomic E-state index is 0.123. The van der Waals surface area contributed by atoms with Gasteiger partial charge in [0.25, 0.3) is 5.91 Å². The molecule has 2 aromatic carbocycles. The summed E-state index contributed by atoms with van der Waals surface area (Å²) in [5, 5.41) is 8.90. The van der Waals surface area contributed by atoms with Gasteiger partial charge in [0, 0.05) is 17.7 Å². The third-order valence-corrected chi connectivity index (χ3v) is 3.98. The molecule has 1 amide bonds. The Hall–Kier alpha value is -2.73. The van der Waals surface area contributed by atoms with Crippen LogP contribution in [0.5, 0.6) is 0 Å². The smallest absolute Gasteiger partial charge is 0.335 e. The summed E-state index contributed by atoms with van der Waals surface area (Å²) in [7, 11) is 0. The van der Waals surface area contributed by atoms with Crippen LogP contribution in [-0.4, -0.2) is 41.6 Å². The van der Waals surface area contributed by atoms with Gasteiger partial charge >= 0.3 is 5.97 Å². The normalized spacial score (nSPS) is 17.5. The highest BCUT2D eigenvalue weighted by Gasteiger charge is 2.27. The number of hydrogen-bond acceptors (Lipinski definition) is 3. The second-order valence-electron chi connectivity index (χ2n) is 5.51. The van der Waals surface area contributed by atoms with Crippen molar-refractivity contribution < 1.29 is 23.8 Å². The highest BCUT2D eigenvalue weighted by atomic mass is 19.1. The van der Waals surface area contributed by atoms with E-state index in [2.05, 4.69) is 0 Å². The van der Waals surface area contributed by atoms with Gasteiger partial charge in [-0.3, -0.25) is 4.79 Å². The number of rotatable bonds is 3. The van der Waals surface area contributed by atoms with Crippen molar-refractivity contribution in [1.29, 1.82) is 0 Å².